The van der Waals surface area contributed by atoms with E-state index in [1.807, 2.05) is 23.1 Å². The van der Waals surface area contributed by atoms with E-state index in [4.69, 9.17) is 14.6 Å². The summed E-state index contributed by atoms with van der Waals surface area (Å²) in [7, 11) is -1.83. The molecule has 1 aromatic heterocycles. The van der Waals surface area contributed by atoms with Crippen molar-refractivity contribution >= 4 is 45.7 Å². The van der Waals surface area contributed by atoms with Crippen molar-refractivity contribution in [2.75, 3.05) is 12.0 Å². The lowest BCUT2D eigenvalue weighted by molar-refractivity contribution is 0.283. The highest BCUT2D eigenvalue weighted by atomic mass is 32.2. The van der Waals surface area contributed by atoms with Gasteiger partial charge in [-0.25, -0.2) is 17.9 Å². The van der Waals surface area contributed by atoms with Crippen LogP contribution in [-0.2, 0) is 27.9 Å². The first-order valence-corrected chi connectivity index (χ1v) is 11.1. The molecule has 0 fully saturated rings. The van der Waals surface area contributed by atoms with Crippen LogP contribution >= 0.6 is 8.20 Å². The monoisotopic (exact) mass is 431 g/mol. The smallest absolute Gasteiger partial charge is 0.238 e. The van der Waals surface area contributed by atoms with Gasteiger partial charge in [0, 0.05) is 34.1 Å². The molecule has 0 atom stereocenters. The van der Waals surface area contributed by atoms with E-state index < -0.39 is 15.8 Å². The fraction of sp³-hybridized carbons (Fsp3) is 0.158. The number of nitrogens with zero attached hydrogens (tertiary/aromatic N) is 2. The molecule has 0 spiro atoms. The highest BCUT2D eigenvalue weighted by Crippen LogP contribution is 2.39. The lowest BCUT2D eigenvalue weighted by Gasteiger charge is -2.36. The van der Waals surface area contributed by atoms with E-state index in [0.29, 0.717) is 37.0 Å². The molecule has 3 heterocycles. The Morgan fingerprint density at radius 1 is 1.31 bits per heavy atom. The molecule has 2 aliphatic heterocycles. The standard InChI is InChI=1S/C19H15FN3O4PS/c1-26-11-2-3-13-16(4-11)22-7-10-9-27-19-23(18(10)13)8-14-15(20)5-12(29(21,24)25)6-17(14)28-19/h2-7H,8-9H2,1H3,(H2,21,24,25). The summed E-state index contributed by atoms with van der Waals surface area (Å²) in [5, 5.41) is 6.61. The van der Waals surface area contributed by atoms with Gasteiger partial charge in [0.25, 0.3) is 0 Å². The molecule has 5 rings (SSSR count). The molecule has 0 bridgehead atoms. The summed E-state index contributed by atoms with van der Waals surface area (Å²) in [6.07, 6.45) is 1.75. The Kier molecular flexibility index (Phi) is 4.11. The first kappa shape index (κ1) is 18.4. The number of ether oxygens (including phenoxy) is 2. The number of nitrogens with two attached hydrogens (primary N) is 1. The number of fused-ring (bicyclic) bond motifs is 6. The SMILES string of the molecule is COc1ccc2c3c(cnc2c1)COC1=Pc2cc(S(N)(=O)=O)cc(F)c2CN13. The number of anilines is 1. The molecule has 0 saturated carbocycles. The molecule has 2 N–H and O–H groups in total. The third-order valence-corrected chi connectivity index (χ3v) is 7.08. The maximum absolute atomic E-state index is 14.8. The summed E-state index contributed by atoms with van der Waals surface area (Å²) in [5.41, 5.74) is 3.59. The van der Waals surface area contributed by atoms with Crippen molar-refractivity contribution in [3.63, 3.8) is 0 Å². The second-order valence-electron chi connectivity index (χ2n) is 6.73. The zero-order valence-electron chi connectivity index (χ0n) is 15.2. The predicted octanol–water partition coefficient (Wildman–Crippen LogP) is 2.24. The van der Waals surface area contributed by atoms with Crippen LogP contribution in [0.5, 0.6) is 5.75 Å². The number of pyridine rings is 1. The number of sulfonamides is 1. The van der Waals surface area contributed by atoms with Crippen LogP contribution in [0.4, 0.5) is 10.1 Å². The van der Waals surface area contributed by atoms with Crippen molar-refractivity contribution in [1.29, 1.82) is 0 Å². The molecular weight excluding hydrogens is 416 g/mol. The van der Waals surface area contributed by atoms with Gasteiger partial charge in [-0.2, -0.15) is 0 Å². The van der Waals surface area contributed by atoms with Crippen LogP contribution in [0.3, 0.4) is 0 Å². The van der Waals surface area contributed by atoms with Crippen molar-refractivity contribution in [2.24, 2.45) is 5.14 Å². The number of halogens is 1. The largest absolute Gasteiger partial charge is 0.497 e. The normalized spacial score (nSPS) is 16.0. The van der Waals surface area contributed by atoms with Crippen molar-refractivity contribution in [1.82, 2.24) is 4.98 Å². The maximum atomic E-state index is 14.8. The molecule has 10 heteroatoms. The Morgan fingerprint density at radius 2 is 2.14 bits per heavy atom. The second-order valence-corrected chi connectivity index (χ2v) is 9.38. The van der Waals surface area contributed by atoms with Gasteiger partial charge >= 0.3 is 0 Å². The van der Waals surface area contributed by atoms with Gasteiger partial charge in [-0.1, -0.05) is 0 Å². The predicted molar refractivity (Wildman–Crippen MR) is 109 cm³/mol. The van der Waals surface area contributed by atoms with Gasteiger partial charge in [0.15, 0.2) is 5.60 Å². The van der Waals surface area contributed by atoms with Crippen molar-refractivity contribution in [2.45, 2.75) is 18.0 Å². The Labute approximate surface area is 167 Å². The fourth-order valence-electron chi connectivity index (χ4n) is 3.59. The summed E-state index contributed by atoms with van der Waals surface area (Å²) < 4.78 is 49.3. The summed E-state index contributed by atoms with van der Waals surface area (Å²) in [6.45, 7) is 0.544. The molecule has 3 aromatic rings. The summed E-state index contributed by atoms with van der Waals surface area (Å²) in [6, 6.07) is 8.01. The third kappa shape index (κ3) is 2.98. The number of hydrogen-bond acceptors (Lipinski definition) is 6. The summed E-state index contributed by atoms with van der Waals surface area (Å²) >= 11 is 0. The first-order chi connectivity index (χ1) is 13.8. The average molecular weight is 431 g/mol. The molecule has 2 aromatic carbocycles. The topological polar surface area (TPSA) is 94.7 Å². The molecule has 29 heavy (non-hydrogen) atoms. The van der Waals surface area contributed by atoms with Crippen LogP contribution in [0.25, 0.3) is 10.9 Å². The number of rotatable bonds is 2. The Balaban J connectivity index is 1.69. The Bertz CT molecular complexity index is 1330. The van der Waals surface area contributed by atoms with Crippen LogP contribution < -0.4 is 20.1 Å². The van der Waals surface area contributed by atoms with Gasteiger partial charge in [0.05, 0.1) is 36.4 Å². The van der Waals surface area contributed by atoms with Gasteiger partial charge in [-0.05, 0) is 32.5 Å². The van der Waals surface area contributed by atoms with Crippen LogP contribution in [0, 0.1) is 5.82 Å². The van der Waals surface area contributed by atoms with E-state index in [2.05, 4.69) is 4.98 Å². The van der Waals surface area contributed by atoms with Crippen LogP contribution in [0.15, 0.2) is 41.4 Å². The van der Waals surface area contributed by atoms with Crippen molar-refractivity contribution in [3.05, 3.63) is 53.5 Å². The van der Waals surface area contributed by atoms with E-state index in [9.17, 15) is 12.8 Å². The van der Waals surface area contributed by atoms with E-state index >= 15 is 0 Å². The Hall–Kier alpha value is -2.58. The number of methoxy groups -OCH3 is 1. The minimum absolute atomic E-state index is 0.215. The average Bonchev–Trinajstić information content (AvgIpc) is 2.70. The van der Waals surface area contributed by atoms with Crippen LogP contribution in [0.2, 0.25) is 0 Å². The van der Waals surface area contributed by atoms with Gasteiger partial charge in [0.2, 0.25) is 10.0 Å². The molecule has 148 valence electrons. The van der Waals surface area contributed by atoms with Gasteiger partial charge in [0.1, 0.15) is 11.6 Å². The molecule has 0 radical (unpaired) electrons. The third-order valence-electron chi connectivity index (χ3n) is 4.99. The zero-order chi connectivity index (χ0) is 20.3. The maximum Gasteiger partial charge on any atom is 0.238 e. The van der Waals surface area contributed by atoms with E-state index in [1.165, 1.54) is 6.07 Å². The van der Waals surface area contributed by atoms with Gasteiger partial charge < -0.3 is 14.4 Å². The molecule has 0 aliphatic carbocycles. The zero-order valence-corrected chi connectivity index (χ0v) is 16.9. The van der Waals surface area contributed by atoms with Crippen molar-refractivity contribution < 1.29 is 22.3 Å². The van der Waals surface area contributed by atoms with Gasteiger partial charge in [-0.3, -0.25) is 4.98 Å². The number of aromatic nitrogens is 1. The lowest BCUT2D eigenvalue weighted by atomic mass is 10.1. The lowest BCUT2D eigenvalue weighted by Crippen LogP contribution is -2.40. The fourth-order valence-corrected chi connectivity index (χ4v) is 5.37. The highest BCUT2D eigenvalue weighted by molar-refractivity contribution is 7.89. The summed E-state index contributed by atoms with van der Waals surface area (Å²) in [5.74, 6) is 0.0927. The van der Waals surface area contributed by atoms with E-state index in [1.54, 1.807) is 13.3 Å². The number of benzene rings is 2. The Morgan fingerprint density at radius 3 is 2.90 bits per heavy atom. The minimum atomic E-state index is -4.00. The number of hydrogen-bond donors (Lipinski definition) is 1. The summed E-state index contributed by atoms with van der Waals surface area (Å²) in [4.78, 5) is 6.16. The van der Waals surface area contributed by atoms with Crippen LogP contribution in [0.1, 0.15) is 11.1 Å². The number of primary sulfonamides is 1. The minimum Gasteiger partial charge on any atom is -0.497 e. The first-order valence-electron chi connectivity index (χ1n) is 8.65. The van der Waals surface area contributed by atoms with Crippen molar-refractivity contribution in [3.8, 4) is 5.75 Å². The molecule has 0 amide bonds. The quantitative estimate of drug-likeness (QED) is 0.626. The van der Waals surface area contributed by atoms with Gasteiger partial charge in [-0.15, -0.1) is 0 Å². The molecule has 2 aliphatic rings. The molecule has 0 saturated heterocycles. The second kappa shape index (κ2) is 6.47. The highest BCUT2D eigenvalue weighted by Gasteiger charge is 2.31. The van der Waals surface area contributed by atoms with Crippen LogP contribution in [-0.4, -0.2) is 26.1 Å². The van der Waals surface area contributed by atoms with E-state index in [-0.39, 0.29) is 11.4 Å². The van der Waals surface area contributed by atoms with E-state index in [0.717, 1.165) is 28.2 Å². The molecule has 0 unspecified atom stereocenters. The molecular formula is C19H15FN3O4PS. The molecule has 7 nitrogen and oxygen atoms in total.